The number of hydrogen-bond donors (Lipinski definition) is 8. The van der Waals surface area contributed by atoms with Gasteiger partial charge in [0.05, 0.1) is 56.7 Å². The first-order valence-electron chi connectivity index (χ1n) is 22.5. The van der Waals surface area contributed by atoms with Crippen molar-refractivity contribution in [2.45, 2.75) is 69.3 Å². The van der Waals surface area contributed by atoms with E-state index in [4.69, 9.17) is 49.3 Å². The molecule has 2 heterocycles. The summed E-state index contributed by atoms with van der Waals surface area (Å²) in [6, 6.07) is 9.82. The van der Waals surface area contributed by atoms with Crippen molar-refractivity contribution < 1.29 is 89.3 Å². The minimum absolute atomic E-state index is 0.00667. The van der Waals surface area contributed by atoms with E-state index in [2.05, 4.69) is 46.1 Å². The topological polar surface area (TPSA) is 428 Å². The van der Waals surface area contributed by atoms with Gasteiger partial charge in [0.1, 0.15) is 30.6 Å². The third kappa shape index (κ3) is 21.3. The van der Waals surface area contributed by atoms with Crippen LogP contribution < -0.4 is 27.6 Å². The number of phosphoric acid groups is 3. The van der Waals surface area contributed by atoms with E-state index in [0.29, 0.717) is 49.4 Å². The van der Waals surface area contributed by atoms with Gasteiger partial charge in [-0.2, -0.15) is 8.62 Å². The van der Waals surface area contributed by atoms with Gasteiger partial charge in [-0.25, -0.2) is 28.1 Å². The van der Waals surface area contributed by atoms with Gasteiger partial charge in [-0.15, -0.1) is 0 Å². The summed E-state index contributed by atoms with van der Waals surface area (Å²) >= 11 is 0. The molecule has 9 N–H and O–H groups in total. The molecular formula is C42H55N8O21P3S2. The zero-order valence-electron chi connectivity index (χ0n) is 40.7. The van der Waals surface area contributed by atoms with Crippen LogP contribution in [-0.4, -0.2) is 124 Å². The Morgan fingerprint density at radius 1 is 0.961 bits per heavy atom. The molecule has 0 radical (unpaired) electrons. The van der Waals surface area contributed by atoms with Gasteiger partial charge in [0, 0.05) is 41.4 Å². The first kappa shape index (κ1) is 63.4. The molecule has 2 amide bonds. The monoisotopic (exact) mass is 1160 g/mol. The molecule has 1 aliphatic heterocycles. The van der Waals surface area contributed by atoms with Crippen LogP contribution in [0.3, 0.4) is 0 Å². The van der Waals surface area contributed by atoms with Crippen molar-refractivity contribution in [3.63, 3.8) is 0 Å². The Morgan fingerprint density at radius 2 is 1.68 bits per heavy atom. The predicted octanol–water partition coefficient (Wildman–Crippen LogP) is 4.26. The quantitative estimate of drug-likeness (QED) is 0.00675. The molecule has 5 unspecified atom stereocenters. The van der Waals surface area contributed by atoms with Gasteiger partial charge in [0.15, 0.2) is 0 Å². The highest BCUT2D eigenvalue weighted by Gasteiger charge is 2.45. The van der Waals surface area contributed by atoms with Crippen molar-refractivity contribution in [1.29, 1.82) is 0 Å². The van der Waals surface area contributed by atoms with Crippen LogP contribution in [0.1, 0.15) is 94.5 Å². The minimum atomic E-state index is -5.93. The van der Waals surface area contributed by atoms with Crippen molar-refractivity contribution in [3.05, 3.63) is 108 Å². The molecule has 0 spiro atoms. The summed E-state index contributed by atoms with van der Waals surface area (Å²) in [7, 11) is -14.4. The molecule has 0 saturated carbocycles. The Bertz CT molecular complexity index is 2910. The lowest BCUT2D eigenvalue weighted by atomic mass is 10.0. The summed E-state index contributed by atoms with van der Waals surface area (Å²) < 4.78 is 76.2. The molecule has 0 aliphatic carbocycles. The maximum Gasteiger partial charge on any atom is 0.490 e. The number of azide groups is 1. The van der Waals surface area contributed by atoms with Crippen LogP contribution in [0.5, 0.6) is 0 Å². The summed E-state index contributed by atoms with van der Waals surface area (Å²) in [5.41, 5.74) is 13.6. The second kappa shape index (κ2) is 30.7. The third-order valence-electron chi connectivity index (χ3n) is 10.1. The van der Waals surface area contributed by atoms with Crippen molar-refractivity contribution in [2.24, 2.45) is 10.8 Å². The van der Waals surface area contributed by atoms with E-state index in [1.807, 2.05) is 13.2 Å². The summed E-state index contributed by atoms with van der Waals surface area (Å²) in [6.07, 6.45) is -1.41. The molecule has 1 saturated heterocycles. The molecule has 1 aliphatic rings. The number of aromatic nitrogens is 2. The van der Waals surface area contributed by atoms with Gasteiger partial charge in [0.25, 0.3) is 5.56 Å². The fourth-order valence-corrected chi connectivity index (χ4v) is 11.6. The number of carbonyl (C=O) groups is 4. The number of aromatic amines is 1. The SMILES string of the molecule is CSSC(C)c1cc(NC(=O)COCCOCCN)ccc1C(=O)OCCCCC(=O)NCC#Cc1cn([C@H]2CC(OC(=O)c3ccccc3C(C)N=[N+]=[N-])[C@@H](COP(=O)(O)OP(=O)(O)OP(=O)(O)O)O2)c(=O)[nH]c1=O. The predicted molar refractivity (Wildman–Crippen MR) is 272 cm³/mol. The molecule has 34 heteroatoms. The summed E-state index contributed by atoms with van der Waals surface area (Å²) in [4.78, 5) is 120. The lowest BCUT2D eigenvalue weighted by molar-refractivity contribution is -0.121. The van der Waals surface area contributed by atoms with Gasteiger partial charge >= 0.3 is 41.1 Å². The van der Waals surface area contributed by atoms with Crippen LogP contribution in [0, 0.1) is 11.8 Å². The number of phosphoric ester groups is 1. The number of esters is 2. The van der Waals surface area contributed by atoms with Crippen LogP contribution in [-0.2, 0) is 60.1 Å². The smallest absolute Gasteiger partial charge is 0.462 e. The highest BCUT2D eigenvalue weighted by molar-refractivity contribution is 8.76. The van der Waals surface area contributed by atoms with Crippen LogP contribution in [0.15, 0.2) is 63.4 Å². The number of benzene rings is 2. The first-order valence-corrected chi connectivity index (χ1v) is 29.7. The molecule has 1 fully saturated rings. The van der Waals surface area contributed by atoms with Crippen LogP contribution in [0.25, 0.3) is 10.4 Å². The number of rotatable bonds is 30. The van der Waals surface area contributed by atoms with E-state index in [1.54, 1.807) is 24.3 Å². The lowest BCUT2D eigenvalue weighted by Crippen LogP contribution is -2.34. The number of nitrogens with zero attached hydrogens (tertiary/aromatic N) is 4. The van der Waals surface area contributed by atoms with Crippen LogP contribution in [0.4, 0.5) is 5.69 Å². The van der Waals surface area contributed by atoms with Gasteiger partial charge in [-0.05, 0) is 66.9 Å². The van der Waals surface area contributed by atoms with Crippen molar-refractivity contribution in [3.8, 4) is 11.8 Å². The molecule has 29 nitrogen and oxygen atoms in total. The normalized spacial score (nSPS) is 17.6. The zero-order valence-corrected chi connectivity index (χ0v) is 45.1. The van der Waals surface area contributed by atoms with Crippen LogP contribution >= 0.6 is 45.1 Å². The molecule has 0 bridgehead atoms. The van der Waals surface area contributed by atoms with E-state index in [9.17, 15) is 52.2 Å². The maximum absolute atomic E-state index is 13.5. The molecule has 416 valence electrons. The minimum Gasteiger partial charge on any atom is -0.462 e. The Kier molecular flexibility index (Phi) is 25.6. The van der Waals surface area contributed by atoms with E-state index >= 15 is 0 Å². The maximum atomic E-state index is 13.5. The van der Waals surface area contributed by atoms with Gasteiger partial charge in [-0.3, -0.25) is 28.5 Å². The van der Waals surface area contributed by atoms with Crippen molar-refractivity contribution in [1.82, 2.24) is 14.9 Å². The van der Waals surface area contributed by atoms with Crippen LogP contribution in [0.2, 0.25) is 0 Å². The Hall–Kier alpha value is -5.18. The number of anilines is 1. The number of ether oxygens (including phenoxy) is 5. The standard InChI is InChI=1S/C42H55N8O21P3S2/c1-26(48-49-44)30-10-4-5-11-31(30)41(55)69-34-22-38(68-35(34)24-67-73(60,61)71-74(62,63)70-72(57,58)59)50-23-28(39(53)47-42(50)56)9-8-16-45-36(51)12-6-7-17-66-40(54)32-14-13-29(21-33(32)27(2)76-75-3)46-37(52)25-65-20-19-64-18-15-43/h4-5,10-11,13-14,21,23,26-27,34-35,38H,6-7,12,15-20,22,24-25,43H2,1-3H3,(H,45,51)(H,46,52)(H,60,61)(H,62,63)(H,47,53,56)(H2,57,58,59)/t26?,27?,34?,35-,38-/m1/s1. The number of amides is 2. The molecule has 2 aromatic carbocycles. The van der Waals surface area contributed by atoms with Gasteiger partial charge in [0.2, 0.25) is 11.8 Å². The Morgan fingerprint density at radius 3 is 2.39 bits per heavy atom. The number of H-pyrrole nitrogens is 1. The molecule has 76 heavy (non-hydrogen) atoms. The Balaban J connectivity index is 1.36. The molecule has 4 rings (SSSR count). The average molecular weight is 1160 g/mol. The van der Waals surface area contributed by atoms with E-state index < -0.39 is 96.0 Å². The van der Waals surface area contributed by atoms with Gasteiger partial charge < -0.3 is 59.6 Å². The summed E-state index contributed by atoms with van der Waals surface area (Å²) in [6.45, 7) is 3.10. The molecule has 3 aromatic rings. The molecule has 1 aromatic heterocycles. The fourth-order valence-electron chi connectivity index (χ4n) is 6.82. The molecule has 7 atom stereocenters. The van der Waals surface area contributed by atoms with Crippen molar-refractivity contribution in [2.75, 3.05) is 64.3 Å². The van der Waals surface area contributed by atoms with E-state index in [1.165, 1.54) is 46.7 Å². The molecular weight excluding hydrogens is 1110 g/mol. The zero-order chi connectivity index (χ0) is 56.1. The number of unbranched alkanes of at least 4 members (excludes halogenated alkanes) is 1. The summed E-state index contributed by atoms with van der Waals surface area (Å²) in [5, 5.41) is 8.75. The number of nitrogens with one attached hydrogen (secondary N) is 3. The largest absolute Gasteiger partial charge is 0.490 e. The number of carbonyl (C=O) groups excluding carboxylic acids is 4. The van der Waals surface area contributed by atoms with E-state index in [0.717, 1.165) is 10.8 Å². The van der Waals surface area contributed by atoms with Gasteiger partial charge in [-0.1, -0.05) is 63.7 Å². The number of hydrogen-bond acceptors (Lipinski definition) is 21. The average Bonchev–Trinajstić information content (AvgIpc) is 3.74. The lowest BCUT2D eigenvalue weighted by Gasteiger charge is -2.21. The summed E-state index contributed by atoms with van der Waals surface area (Å²) in [5.74, 6) is 2.69. The second-order valence-corrected chi connectivity index (χ2v) is 23.0. The second-order valence-electron chi connectivity index (χ2n) is 15.8. The highest BCUT2D eigenvalue weighted by atomic mass is 33.1. The van der Waals surface area contributed by atoms with Crippen molar-refractivity contribution >= 4 is 74.5 Å². The fraction of sp³-hybridized carbons (Fsp3) is 0.476. The number of nitrogens with two attached hydrogens (primary N) is 1. The third-order valence-corrected chi connectivity index (χ3v) is 16.1. The van der Waals surface area contributed by atoms with E-state index in [-0.39, 0.29) is 54.7 Å². The highest BCUT2D eigenvalue weighted by Crippen LogP contribution is 2.66. The Labute approximate surface area is 441 Å². The first-order chi connectivity index (χ1) is 36.0.